The highest BCUT2D eigenvalue weighted by Crippen LogP contribution is 2.19. The highest BCUT2D eigenvalue weighted by atomic mass is 16.2. The number of hydrogen-bond donors (Lipinski definition) is 0. The van der Waals surface area contributed by atoms with Gasteiger partial charge in [-0.3, -0.25) is 9.59 Å². The van der Waals surface area contributed by atoms with Crippen LogP contribution in [0.15, 0.2) is 54.6 Å². The molecule has 5 heteroatoms. The predicted octanol–water partition coefficient (Wildman–Crippen LogP) is 4.23. The van der Waals surface area contributed by atoms with Crippen molar-refractivity contribution in [3.05, 3.63) is 65.7 Å². The SMILES string of the molecule is CCN(c1ccc(C(=O)N2CCN(C(=O)CCCc3ccccc3)CC2)cc1)C(C)C. The minimum atomic E-state index is 0.0512. The van der Waals surface area contributed by atoms with Gasteiger partial charge in [-0.05, 0) is 63.4 Å². The molecular formula is C26H35N3O2. The van der Waals surface area contributed by atoms with Crippen LogP contribution in [-0.2, 0) is 11.2 Å². The fourth-order valence-electron chi connectivity index (χ4n) is 4.23. The molecule has 0 aromatic heterocycles. The second-order valence-electron chi connectivity index (χ2n) is 8.44. The largest absolute Gasteiger partial charge is 0.369 e. The maximum atomic E-state index is 12.9. The molecule has 2 amide bonds. The van der Waals surface area contributed by atoms with Gasteiger partial charge in [0.15, 0.2) is 0 Å². The highest BCUT2D eigenvalue weighted by molar-refractivity contribution is 5.94. The van der Waals surface area contributed by atoms with Crippen LogP contribution in [0.2, 0.25) is 0 Å². The summed E-state index contributed by atoms with van der Waals surface area (Å²) in [5.41, 5.74) is 3.12. The van der Waals surface area contributed by atoms with Crippen molar-refractivity contribution < 1.29 is 9.59 Å². The van der Waals surface area contributed by atoms with E-state index in [0.29, 0.717) is 44.2 Å². The number of benzene rings is 2. The number of rotatable bonds is 8. The molecule has 1 saturated heterocycles. The predicted molar refractivity (Wildman–Crippen MR) is 126 cm³/mol. The normalized spacial score (nSPS) is 14.1. The molecule has 0 bridgehead atoms. The number of piperazine rings is 1. The Bertz CT molecular complexity index is 841. The summed E-state index contributed by atoms with van der Waals surface area (Å²) in [5.74, 6) is 0.246. The Balaban J connectivity index is 1.46. The summed E-state index contributed by atoms with van der Waals surface area (Å²) in [6.45, 7) is 9.84. The third kappa shape index (κ3) is 6.09. The van der Waals surface area contributed by atoms with Crippen molar-refractivity contribution >= 4 is 17.5 Å². The standard InChI is InChI=1S/C26H35N3O2/c1-4-29(21(2)3)24-15-13-23(14-16-24)26(31)28-19-17-27(18-20-28)25(30)12-8-11-22-9-6-5-7-10-22/h5-7,9-10,13-16,21H,4,8,11-12,17-20H2,1-3H3. The van der Waals surface area contributed by atoms with Gasteiger partial charge in [-0.2, -0.15) is 0 Å². The van der Waals surface area contributed by atoms with E-state index in [9.17, 15) is 9.59 Å². The first-order valence-electron chi connectivity index (χ1n) is 11.5. The zero-order valence-electron chi connectivity index (χ0n) is 19.1. The Morgan fingerprint density at radius 2 is 1.52 bits per heavy atom. The van der Waals surface area contributed by atoms with E-state index in [-0.39, 0.29) is 11.8 Å². The fourth-order valence-corrected chi connectivity index (χ4v) is 4.23. The summed E-state index contributed by atoms with van der Waals surface area (Å²) in [6, 6.07) is 18.6. The summed E-state index contributed by atoms with van der Waals surface area (Å²) in [5, 5.41) is 0. The quantitative estimate of drug-likeness (QED) is 0.641. The number of nitrogens with zero attached hydrogens (tertiary/aromatic N) is 3. The zero-order chi connectivity index (χ0) is 22.2. The topological polar surface area (TPSA) is 43.9 Å². The lowest BCUT2D eigenvalue weighted by molar-refractivity contribution is -0.132. The van der Waals surface area contributed by atoms with Crippen LogP contribution in [0, 0.1) is 0 Å². The molecule has 0 unspecified atom stereocenters. The molecule has 0 radical (unpaired) electrons. The molecule has 166 valence electrons. The molecule has 0 saturated carbocycles. The van der Waals surface area contributed by atoms with Gasteiger partial charge >= 0.3 is 0 Å². The molecule has 2 aromatic rings. The first-order chi connectivity index (χ1) is 15.0. The average molecular weight is 422 g/mol. The van der Waals surface area contributed by atoms with Crippen molar-refractivity contribution in [3.8, 4) is 0 Å². The van der Waals surface area contributed by atoms with Gasteiger partial charge in [0.2, 0.25) is 5.91 Å². The van der Waals surface area contributed by atoms with Crippen molar-refractivity contribution in [2.24, 2.45) is 0 Å². The Labute approximate surface area is 186 Å². The molecule has 3 rings (SSSR count). The molecule has 0 atom stereocenters. The molecule has 0 N–H and O–H groups in total. The summed E-state index contributed by atoms with van der Waals surface area (Å²) >= 11 is 0. The van der Waals surface area contributed by atoms with Crippen LogP contribution in [0.4, 0.5) is 5.69 Å². The zero-order valence-corrected chi connectivity index (χ0v) is 19.1. The maximum absolute atomic E-state index is 12.9. The molecule has 0 spiro atoms. The van der Waals surface area contributed by atoms with Gasteiger partial charge in [0.25, 0.3) is 5.91 Å². The van der Waals surface area contributed by atoms with Crippen LogP contribution < -0.4 is 4.90 Å². The molecule has 1 heterocycles. The van der Waals surface area contributed by atoms with Crippen LogP contribution >= 0.6 is 0 Å². The number of anilines is 1. The summed E-state index contributed by atoms with van der Waals surface area (Å²) in [7, 11) is 0. The van der Waals surface area contributed by atoms with Crippen LogP contribution in [0.1, 0.15) is 49.5 Å². The van der Waals surface area contributed by atoms with E-state index in [1.54, 1.807) is 0 Å². The van der Waals surface area contributed by atoms with E-state index < -0.39 is 0 Å². The Morgan fingerprint density at radius 3 is 2.10 bits per heavy atom. The van der Waals surface area contributed by atoms with Crippen molar-refractivity contribution in [3.63, 3.8) is 0 Å². The van der Waals surface area contributed by atoms with Gasteiger partial charge in [-0.1, -0.05) is 30.3 Å². The van der Waals surface area contributed by atoms with Crippen molar-refractivity contribution in [2.75, 3.05) is 37.6 Å². The van der Waals surface area contributed by atoms with Gasteiger partial charge in [0.1, 0.15) is 0 Å². The van der Waals surface area contributed by atoms with Crippen molar-refractivity contribution in [2.45, 2.75) is 46.1 Å². The monoisotopic (exact) mass is 421 g/mol. The highest BCUT2D eigenvalue weighted by Gasteiger charge is 2.24. The maximum Gasteiger partial charge on any atom is 0.253 e. The molecule has 5 nitrogen and oxygen atoms in total. The lowest BCUT2D eigenvalue weighted by Crippen LogP contribution is -2.50. The molecule has 1 fully saturated rings. The first kappa shape index (κ1) is 22.9. The number of hydrogen-bond acceptors (Lipinski definition) is 3. The number of aryl methyl sites for hydroxylation is 1. The second kappa shape index (κ2) is 11.0. The Morgan fingerprint density at radius 1 is 0.903 bits per heavy atom. The lowest BCUT2D eigenvalue weighted by atomic mass is 10.1. The lowest BCUT2D eigenvalue weighted by Gasteiger charge is -2.35. The van der Waals surface area contributed by atoms with Crippen LogP contribution in [0.5, 0.6) is 0 Å². The average Bonchev–Trinajstić information content (AvgIpc) is 2.80. The van der Waals surface area contributed by atoms with Crippen LogP contribution in [-0.4, -0.2) is 60.4 Å². The minimum absolute atomic E-state index is 0.0512. The minimum Gasteiger partial charge on any atom is -0.369 e. The molecule has 1 aliphatic rings. The van der Waals surface area contributed by atoms with Crippen molar-refractivity contribution in [1.29, 1.82) is 0 Å². The summed E-state index contributed by atoms with van der Waals surface area (Å²) in [6.07, 6.45) is 2.35. The van der Waals surface area contributed by atoms with Crippen LogP contribution in [0.3, 0.4) is 0 Å². The molecule has 1 aliphatic heterocycles. The molecule has 0 aliphatic carbocycles. The van der Waals surface area contributed by atoms with Gasteiger partial charge in [-0.25, -0.2) is 0 Å². The molecule has 2 aromatic carbocycles. The third-order valence-corrected chi connectivity index (χ3v) is 6.03. The van der Waals surface area contributed by atoms with E-state index in [0.717, 1.165) is 25.1 Å². The Kier molecular flexibility index (Phi) is 8.10. The summed E-state index contributed by atoms with van der Waals surface area (Å²) < 4.78 is 0. The van der Waals surface area contributed by atoms with E-state index in [4.69, 9.17) is 0 Å². The van der Waals surface area contributed by atoms with E-state index in [1.165, 1.54) is 5.56 Å². The fraction of sp³-hybridized carbons (Fsp3) is 0.462. The molecule has 31 heavy (non-hydrogen) atoms. The summed E-state index contributed by atoms with van der Waals surface area (Å²) in [4.78, 5) is 31.5. The van der Waals surface area contributed by atoms with Gasteiger partial charge in [-0.15, -0.1) is 0 Å². The van der Waals surface area contributed by atoms with Gasteiger partial charge < -0.3 is 14.7 Å². The number of amides is 2. The van der Waals surface area contributed by atoms with E-state index in [1.807, 2.05) is 52.3 Å². The number of carbonyl (C=O) groups is 2. The van der Waals surface area contributed by atoms with E-state index >= 15 is 0 Å². The van der Waals surface area contributed by atoms with Crippen molar-refractivity contribution in [1.82, 2.24) is 9.80 Å². The van der Waals surface area contributed by atoms with Gasteiger partial charge in [0, 0.05) is 56.4 Å². The molecular weight excluding hydrogens is 386 g/mol. The van der Waals surface area contributed by atoms with Gasteiger partial charge in [0.05, 0.1) is 0 Å². The van der Waals surface area contributed by atoms with E-state index in [2.05, 4.69) is 37.8 Å². The first-order valence-corrected chi connectivity index (χ1v) is 11.5. The Hall–Kier alpha value is -2.82. The number of carbonyl (C=O) groups excluding carboxylic acids is 2. The third-order valence-electron chi connectivity index (χ3n) is 6.03. The smallest absolute Gasteiger partial charge is 0.253 e. The van der Waals surface area contributed by atoms with Crippen LogP contribution in [0.25, 0.3) is 0 Å². The second-order valence-corrected chi connectivity index (χ2v) is 8.44.